The van der Waals surface area contributed by atoms with Crippen LogP contribution in [0.1, 0.15) is 123 Å². The number of carbonyl (C=O) groups is 5. The number of sulfonamides is 1. The molecule has 0 bridgehead atoms. The lowest BCUT2D eigenvalue weighted by molar-refractivity contribution is -0.175. The van der Waals surface area contributed by atoms with Crippen molar-refractivity contribution < 1.29 is 50.7 Å². The molecular weight excluding hydrogens is 822 g/mol. The molecule has 0 radical (unpaired) electrons. The van der Waals surface area contributed by atoms with E-state index in [2.05, 4.69) is 15.4 Å². The minimum absolute atomic E-state index is 0.00242. The van der Waals surface area contributed by atoms with Crippen LogP contribution in [-0.4, -0.2) is 83.9 Å². The summed E-state index contributed by atoms with van der Waals surface area (Å²) in [6.45, 7) is 17.9. The number of aromatic hydroxyl groups is 1. The number of nitrogens with one attached hydrogen (secondary N) is 3. The van der Waals surface area contributed by atoms with Gasteiger partial charge in [-0.15, -0.1) is 11.8 Å². The quantitative estimate of drug-likeness (QED) is 0.158. The number of rotatable bonds is 13. The van der Waals surface area contributed by atoms with E-state index in [-0.39, 0.29) is 34.3 Å². The van der Waals surface area contributed by atoms with Crippen LogP contribution in [0, 0.1) is 17.8 Å². The van der Waals surface area contributed by atoms with Gasteiger partial charge in [0.1, 0.15) is 17.8 Å². The second-order valence-electron chi connectivity index (χ2n) is 18.6. The number of carbonyl (C=O) groups excluding carboxylic acids is 5. The number of Topliss-reactive ketones (excluding diaryl/α,β-unsaturated/α-hetero) is 1. The van der Waals surface area contributed by atoms with E-state index in [1.165, 1.54) is 30.9 Å². The van der Waals surface area contributed by atoms with Crippen molar-refractivity contribution in [1.29, 1.82) is 0 Å². The summed E-state index contributed by atoms with van der Waals surface area (Å²) in [7, 11) is -4.36. The summed E-state index contributed by atoms with van der Waals surface area (Å²) in [5.74, 6) is -6.59. The highest BCUT2D eigenvalue weighted by Gasteiger charge is 2.51. The summed E-state index contributed by atoms with van der Waals surface area (Å²) in [4.78, 5) is 68.5. The molecule has 2 aliphatic rings. The molecule has 4 rings (SSSR count). The molecule has 17 heteroatoms. The zero-order valence-corrected chi connectivity index (χ0v) is 37.6. The Morgan fingerprint density at radius 3 is 1.87 bits per heavy atom. The highest BCUT2D eigenvalue weighted by molar-refractivity contribution is 8.00. The molecule has 0 aromatic heterocycles. The molecule has 4 N–H and O–H groups in total. The molecule has 4 amide bonds. The number of likely N-dealkylation sites (tertiary alicyclic amines) is 1. The number of hydrogen-bond acceptors (Lipinski definition) is 9. The van der Waals surface area contributed by atoms with E-state index < -0.39 is 92.4 Å². The Hall–Kier alpha value is -4.12. The van der Waals surface area contributed by atoms with Gasteiger partial charge in [-0.25, -0.2) is 13.1 Å². The van der Waals surface area contributed by atoms with Crippen LogP contribution in [0.25, 0.3) is 0 Å². The normalized spacial score (nSPS) is 19.7. The summed E-state index contributed by atoms with van der Waals surface area (Å²) in [6, 6.07) is 3.78. The Morgan fingerprint density at radius 1 is 0.833 bits per heavy atom. The van der Waals surface area contributed by atoms with E-state index in [1.807, 2.05) is 41.5 Å². The standard InChI is InChI=1S/C43H59F3N4O8S2/c1-23(2)34(37(53)43(44,45)46)47-39(55)32-19-26-13-11-12-14-31(26)50(32)40(56)35(24(3)4)48-38(54)25-15-17-28(18-16-25)60(57,58)49-33(51)22-59-27-20-29(41(5,6)7)36(52)30(21-27)42(8,9)10/h15-18,20-21,23-24,26,31-32,34-35,52H,11-14,19,22H2,1-10H3,(H,47,55)(H,48,54)(H,49,51)/t26-,31-,32-,34-,35-/m0/s1. The van der Waals surface area contributed by atoms with Crippen LogP contribution in [-0.2, 0) is 40.0 Å². The van der Waals surface area contributed by atoms with Crippen molar-refractivity contribution in [3.05, 3.63) is 53.1 Å². The predicted octanol–water partition coefficient (Wildman–Crippen LogP) is 6.77. The monoisotopic (exact) mass is 880 g/mol. The van der Waals surface area contributed by atoms with Gasteiger partial charge in [0.15, 0.2) is 0 Å². The summed E-state index contributed by atoms with van der Waals surface area (Å²) in [5.41, 5.74) is 0.588. The molecule has 1 aliphatic heterocycles. The number of phenols is 1. The largest absolute Gasteiger partial charge is 0.507 e. The fraction of sp³-hybridized carbons (Fsp3) is 0.605. The van der Waals surface area contributed by atoms with Crippen LogP contribution in [0.5, 0.6) is 5.75 Å². The zero-order valence-electron chi connectivity index (χ0n) is 36.0. The number of halogens is 3. The van der Waals surface area contributed by atoms with Crippen molar-refractivity contribution in [3.8, 4) is 5.75 Å². The Balaban J connectivity index is 1.47. The second-order valence-corrected chi connectivity index (χ2v) is 21.3. The Labute approximate surface area is 355 Å². The van der Waals surface area contributed by atoms with Gasteiger partial charge < -0.3 is 20.6 Å². The first-order valence-corrected chi connectivity index (χ1v) is 22.7. The van der Waals surface area contributed by atoms with E-state index in [9.17, 15) is 50.7 Å². The van der Waals surface area contributed by atoms with Crippen molar-refractivity contribution in [3.63, 3.8) is 0 Å². The Bertz CT molecular complexity index is 2020. The third kappa shape index (κ3) is 11.4. The van der Waals surface area contributed by atoms with E-state index in [4.69, 9.17) is 0 Å². The smallest absolute Gasteiger partial charge is 0.452 e. The number of nitrogens with zero attached hydrogens (tertiary/aromatic N) is 1. The highest BCUT2D eigenvalue weighted by Crippen LogP contribution is 2.43. The first-order chi connectivity index (χ1) is 27.5. The van der Waals surface area contributed by atoms with Gasteiger partial charge in [-0.1, -0.05) is 82.1 Å². The molecule has 5 atom stereocenters. The first kappa shape index (κ1) is 48.5. The number of ketones is 1. The van der Waals surface area contributed by atoms with Crippen LogP contribution in [0.3, 0.4) is 0 Å². The number of amides is 4. The van der Waals surface area contributed by atoms with Gasteiger partial charge in [0, 0.05) is 27.6 Å². The number of alkyl halides is 3. The average Bonchev–Trinajstić information content (AvgIpc) is 3.53. The average molecular weight is 881 g/mol. The van der Waals surface area contributed by atoms with Gasteiger partial charge in [-0.3, -0.25) is 24.0 Å². The number of thioether (sulfide) groups is 1. The van der Waals surface area contributed by atoms with Crippen molar-refractivity contribution in [2.45, 2.75) is 152 Å². The SMILES string of the molecule is CC(C)[C@H](NC(=O)c1ccc(S(=O)(=O)NC(=O)CSc2cc(C(C)(C)C)c(O)c(C(C)(C)C)c2)cc1)C(=O)N1[C@H](C(=O)N[C@H](C(=O)C(F)(F)F)C(C)C)C[C@@H]2CCCC[C@@H]21. The van der Waals surface area contributed by atoms with Gasteiger partial charge >= 0.3 is 6.18 Å². The summed E-state index contributed by atoms with van der Waals surface area (Å²) < 4.78 is 68.8. The molecule has 2 aromatic carbocycles. The van der Waals surface area contributed by atoms with E-state index in [0.717, 1.165) is 36.7 Å². The van der Waals surface area contributed by atoms with E-state index >= 15 is 0 Å². The molecule has 2 aromatic rings. The molecular formula is C43H59F3N4O8S2. The van der Waals surface area contributed by atoms with Gasteiger partial charge in [-0.05, 0) is 84.2 Å². The maximum absolute atomic E-state index is 14.4. The van der Waals surface area contributed by atoms with Gasteiger partial charge in [0.05, 0.1) is 16.7 Å². The summed E-state index contributed by atoms with van der Waals surface area (Å²) >= 11 is 1.12. The zero-order chi connectivity index (χ0) is 45.3. The second kappa shape index (κ2) is 18.5. The lowest BCUT2D eigenvalue weighted by Crippen LogP contribution is -2.59. The molecule has 0 spiro atoms. The number of fused-ring (bicyclic) bond motifs is 1. The maximum Gasteiger partial charge on any atom is 0.452 e. The minimum atomic E-state index is -5.17. The molecule has 2 fully saturated rings. The van der Waals surface area contributed by atoms with Crippen LogP contribution in [0.2, 0.25) is 0 Å². The van der Waals surface area contributed by atoms with Crippen molar-refractivity contribution in [2.75, 3.05) is 5.75 Å². The van der Waals surface area contributed by atoms with Gasteiger partial charge in [0.25, 0.3) is 21.7 Å². The lowest BCUT2D eigenvalue weighted by atomic mass is 9.79. The van der Waals surface area contributed by atoms with Gasteiger partial charge in [-0.2, -0.15) is 13.2 Å². The van der Waals surface area contributed by atoms with Crippen LogP contribution in [0.4, 0.5) is 13.2 Å². The molecule has 1 heterocycles. The number of benzene rings is 2. The fourth-order valence-electron chi connectivity index (χ4n) is 7.88. The van der Waals surface area contributed by atoms with Crippen LogP contribution in [0.15, 0.2) is 46.2 Å². The van der Waals surface area contributed by atoms with Crippen LogP contribution < -0.4 is 15.4 Å². The molecule has 12 nitrogen and oxygen atoms in total. The van der Waals surface area contributed by atoms with E-state index in [0.29, 0.717) is 28.9 Å². The molecule has 1 saturated carbocycles. The number of hydrogen-bond donors (Lipinski definition) is 4. The summed E-state index contributed by atoms with van der Waals surface area (Å²) in [5, 5.41) is 16.0. The molecule has 332 valence electrons. The van der Waals surface area contributed by atoms with Crippen molar-refractivity contribution in [2.24, 2.45) is 17.8 Å². The predicted molar refractivity (Wildman–Crippen MR) is 223 cm³/mol. The van der Waals surface area contributed by atoms with Crippen molar-refractivity contribution >= 4 is 51.2 Å². The third-order valence-corrected chi connectivity index (χ3v) is 13.5. The minimum Gasteiger partial charge on any atom is -0.507 e. The molecule has 1 aliphatic carbocycles. The first-order valence-electron chi connectivity index (χ1n) is 20.3. The Kier molecular flexibility index (Phi) is 14.9. The fourth-order valence-corrected chi connectivity index (χ4v) is 9.73. The molecule has 1 saturated heterocycles. The molecule has 0 unspecified atom stereocenters. The van der Waals surface area contributed by atoms with Crippen molar-refractivity contribution in [1.82, 2.24) is 20.3 Å². The maximum atomic E-state index is 14.4. The highest BCUT2D eigenvalue weighted by atomic mass is 32.2. The Morgan fingerprint density at radius 2 is 1.37 bits per heavy atom. The van der Waals surface area contributed by atoms with Gasteiger partial charge in [0.2, 0.25) is 17.7 Å². The topological polar surface area (TPSA) is 179 Å². The van der Waals surface area contributed by atoms with E-state index in [1.54, 1.807) is 26.0 Å². The summed E-state index contributed by atoms with van der Waals surface area (Å²) in [6.07, 6.45) is -2.09. The van der Waals surface area contributed by atoms with Crippen LogP contribution >= 0.6 is 11.8 Å². The molecule has 60 heavy (non-hydrogen) atoms. The number of phenolic OH excluding ortho intramolecular Hbond substituents is 1. The third-order valence-electron chi connectivity index (χ3n) is 11.1. The lowest BCUT2D eigenvalue weighted by Gasteiger charge is -2.37.